The second kappa shape index (κ2) is 5.66. The molecule has 98 valence electrons. The van der Waals surface area contributed by atoms with Crippen LogP contribution in [0, 0.1) is 11.8 Å². The van der Waals surface area contributed by atoms with Crippen molar-refractivity contribution in [1.29, 1.82) is 0 Å². The topological polar surface area (TPSA) is 29.3 Å². The van der Waals surface area contributed by atoms with Crippen LogP contribution < -0.4 is 5.73 Å². The molecule has 0 aromatic rings. The predicted octanol–water partition coefficient (Wildman–Crippen LogP) is 2.95. The molecular formula is C14H26N2S. The largest absolute Gasteiger partial charge is 0.393 e. The van der Waals surface area contributed by atoms with Crippen molar-refractivity contribution < 1.29 is 0 Å². The lowest BCUT2D eigenvalue weighted by molar-refractivity contribution is 0.105. The number of hydrogen-bond acceptors (Lipinski definition) is 2. The minimum atomic E-state index is 0.674. The van der Waals surface area contributed by atoms with Crippen molar-refractivity contribution in [3.63, 3.8) is 0 Å². The maximum atomic E-state index is 5.65. The van der Waals surface area contributed by atoms with Gasteiger partial charge in [0.2, 0.25) is 0 Å². The van der Waals surface area contributed by atoms with Crippen LogP contribution in [0.5, 0.6) is 0 Å². The zero-order valence-electron chi connectivity index (χ0n) is 11.2. The maximum Gasteiger partial charge on any atom is 0.0740 e. The summed E-state index contributed by atoms with van der Waals surface area (Å²) in [6.45, 7) is 5.90. The zero-order chi connectivity index (χ0) is 12.4. The summed E-state index contributed by atoms with van der Waals surface area (Å²) in [5.74, 6) is 1.77. The molecule has 2 saturated carbocycles. The lowest BCUT2D eigenvalue weighted by Gasteiger charge is -2.39. The van der Waals surface area contributed by atoms with Gasteiger partial charge < -0.3 is 5.73 Å². The van der Waals surface area contributed by atoms with Gasteiger partial charge in [0.25, 0.3) is 0 Å². The van der Waals surface area contributed by atoms with Crippen LogP contribution in [-0.2, 0) is 0 Å². The second-order valence-electron chi connectivity index (χ2n) is 6.26. The fourth-order valence-electron chi connectivity index (χ4n) is 3.48. The number of hydrogen-bond donors (Lipinski definition) is 1. The van der Waals surface area contributed by atoms with E-state index in [1.807, 2.05) is 0 Å². The van der Waals surface area contributed by atoms with E-state index < -0.39 is 0 Å². The van der Waals surface area contributed by atoms with Gasteiger partial charge in [-0.05, 0) is 43.9 Å². The van der Waals surface area contributed by atoms with Gasteiger partial charge in [-0.15, -0.1) is 0 Å². The summed E-state index contributed by atoms with van der Waals surface area (Å²) in [4.78, 5) is 3.39. The van der Waals surface area contributed by atoms with E-state index >= 15 is 0 Å². The zero-order valence-corrected chi connectivity index (χ0v) is 12.0. The fraction of sp³-hybridized carbons (Fsp3) is 0.929. The molecule has 2 unspecified atom stereocenters. The molecule has 0 saturated heterocycles. The maximum absolute atomic E-state index is 5.65. The Labute approximate surface area is 111 Å². The summed E-state index contributed by atoms with van der Waals surface area (Å²) in [5, 5.41) is 0. The fourth-order valence-corrected chi connectivity index (χ4v) is 3.58. The number of nitrogens with two attached hydrogens (primary N) is 1. The minimum absolute atomic E-state index is 0.674. The second-order valence-corrected chi connectivity index (χ2v) is 6.78. The third-order valence-corrected chi connectivity index (χ3v) is 4.46. The third kappa shape index (κ3) is 3.92. The number of rotatable bonds is 5. The van der Waals surface area contributed by atoms with Crippen LogP contribution in [0.4, 0.5) is 0 Å². The summed E-state index contributed by atoms with van der Waals surface area (Å²) in [7, 11) is 0. The van der Waals surface area contributed by atoms with E-state index in [0.717, 1.165) is 36.9 Å². The van der Waals surface area contributed by atoms with E-state index in [1.165, 1.54) is 32.1 Å². The first kappa shape index (κ1) is 13.3. The van der Waals surface area contributed by atoms with Gasteiger partial charge >= 0.3 is 0 Å². The van der Waals surface area contributed by atoms with E-state index in [1.54, 1.807) is 0 Å². The molecule has 0 amide bonds. The van der Waals surface area contributed by atoms with E-state index in [-0.39, 0.29) is 0 Å². The highest BCUT2D eigenvalue weighted by molar-refractivity contribution is 7.80. The lowest BCUT2D eigenvalue weighted by Crippen LogP contribution is -2.43. The van der Waals surface area contributed by atoms with Crippen molar-refractivity contribution in [2.45, 2.75) is 64.5 Å². The van der Waals surface area contributed by atoms with Crippen molar-refractivity contribution >= 4 is 17.2 Å². The molecule has 2 atom stereocenters. The van der Waals surface area contributed by atoms with Crippen molar-refractivity contribution in [3.05, 3.63) is 0 Å². The van der Waals surface area contributed by atoms with Gasteiger partial charge in [0.1, 0.15) is 0 Å². The Morgan fingerprint density at radius 3 is 2.18 bits per heavy atom. The van der Waals surface area contributed by atoms with Crippen LogP contribution in [-0.4, -0.2) is 28.5 Å². The minimum Gasteiger partial charge on any atom is -0.393 e. The Morgan fingerprint density at radius 1 is 1.12 bits per heavy atom. The molecule has 0 heterocycles. The third-order valence-electron chi connectivity index (χ3n) is 4.25. The Morgan fingerprint density at radius 2 is 1.71 bits per heavy atom. The molecular weight excluding hydrogens is 228 g/mol. The molecule has 2 N–H and O–H groups in total. The van der Waals surface area contributed by atoms with Crippen LogP contribution in [0.15, 0.2) is 0 Å². The van der Waals surface area contributed by atoms with Crippen molar-refractivity contribution in [1.82, 2.24) is 4.90 Å². The van der Waals surface area contributed by atoms with Gasteiger partial charge in [-0.25, -0.2) is 0 Å². The Bertz CT molecular complexity index is 265. The van der Waals surface area contributed by atoms with E-state index in [0.29, 0.717) is 4.99 Å². The Kier molecular flexibility index (Phi) is 4.42. The molecule has 2 fully saturated rings. The van der Waals surface area contributed by atoms with Crippen molar-refractivity contribution in [2.24, 2.45) is 17.6 Å². The Hall–Kier alpha value is -0.150. The van der Waals surface area contributed by atoms with Gasteiger partial charge in [-0.2, -0.15) is 0 Å². The van der Waals surface area contributed by atoms with Gasteiger partial charge in [0.05, 0.1) is 4.99 Å². The first-order valence-electron chi connectivity index (χ1n) is 7.10. The molecule has 0 radical (unpaired) electrons. The molecule has 17 heavy (non-hydrogen) atoms. The van der Waals surface area contributed by atoms with E-state index in [4.69, 9.17) is 18.0 Å². The molecule has 2 aliphatic rings. The smallest absolute Gasteiger partial charge is 0.0740 e. The molecule has 2 rings (SSSR count). The van der Waals surface area contributed by atoms with Crippen LogP contribution in [0.3, 0.4) is 0 Å². The molecule has 2 aliphatic carbocycles. The van der Waals surface area contributed by atoms with Crippen molar-refractivity contribution in [3.8, 4) is 0 Å². The van der Waals surface area contributed by atoms with E-state index in [9.17, 15) is 0 Å². The van der Waals surface area contributed by atoms with Gasteiger partial charge in [0.15, 0.2) is 0 Å². The molecule has 2 nitrogen and oxygen atoms in total. The highest BCUT2D eigenvalue weighted by atomic mass is 32.1. The molecule has 3 heteroatoms. The molecule has 0 aromatic heterocycles. The van der Waals surface area contributed by atoms with Crippen LogP contribution in [0.25, 0.3) is 0 Å². The van der Waals surface area contributed by atoms with Gasteiger partial charge in [-0.3, -0.25) is 4.90 Å². The summed E-state index contributed by atoms with van der Waals surface area (Å²) in [6.07, 6.45) is 7.82. The number of nitrogens with zero attached hydrogens (tertiary/aromatic N) is 1. The molecule has 0 spiro atoms. The monoisotopic (exact) mass is 254 g/mol. The SMILES string of the molecule is CC1CC(C)CC(N(CCC(N)=S)C2CC2)C1. The Balaban J connectivity index is 1.92. The summed E-state index contributed by atoms with van der Waals surface area (Å²) in [6, 6.07) is 1.63. The highest BCUT2D eigenvalue weighted by Gasteiger charge is 2.36. The molecule has 0 aliphatic heterocycles. The van der Waals surface area contributed by atoms with E-state index in [2.05, 4.69) is 18.7 Å². The predicted molar refractivity (Wildman–Crippen MR) is 77.1 cm³/mol. The lowest BCUT2D eigenvalue weighted by atomic mass is 9.79. The quantitative estimate of drug-likeness (QED) is 0.765. The van der Waals surface area contributed by atoms with Gasteiger partial charge in [0, 0.05) is 25.0 Å². The number of thiocarbonyl (C=S) groups is 1. The first-order valence-corrected chi connectivity index (χ1v) is 7.51. The van der Waals surface area contributed by atoms with Crippen LogP contribution >= 0.6 is 12.2 Å². The first-order chi connectivity index (χ1) is 8.06. The van der Waals surface area contributed by atoms with Crippen LogP contribution in [0.2, 0.25) is 0 Å². The average Bonchev–Trinajstić information content (AvgIpc) is 3.00. The highest BCUT2D eigenvalue weighted by Crippen LogP contribution is 2.37. The standard InChI is InChI=1S/C14H26N2S/c1-10-7-11(2)9-13(8-10)16(12-3-4-12)6-5-14(15)17/h10-13H,3-9H2,1-2H3,(H2,15,17). The van der Waals surface area contributed by atoms with Crippen molar-refractivity contribution in [2.75, 3.05) is 6.54 Å². The van der Waals surface area contributed by atoms with Crippen LogP contribution in [0.1, 0.15) is 52.4 Å². The molecule has 0 bridgehead atoms. The summed E-state index contributed by atoms with van der Waals surface area (Å²) in [5.41, 5.74) is 5.65. The average molecular weight is 254 g/mol. The normalized spacial score (nSPS) is 33.9. The summed E-state index contributed by atoms with van der Waals surface area (Å²) >= 11 is 5.02. The summed E-state index contributed by atoms with van der Waals surface area (Å²) < 4.78 is 0. The molecule has 0 aromatic carbocycles. The van der Waals surface area contributed by atoms with Gasteiger partial charge in [-0.1, -0.05) is 26.1 Å².